The molecule has 0 saturated heterocycles. The van der Waals surface area contributed by atoms with Gasteiger partial charge in [-0.25, -0.2) is 4.39 Å². The van der Waals surface area contributed by atoms with E-state index in [0.717, 1.165) is 0 Å². The molecule has 1 heterocycles. The highest BCUT2D eigenvalue weighted by Crippen LogP contribution is 2.21. The summed E-state index contributed by atoms with van der Waals surface area (Å²) in [6.45, 7) is 0. The molecule has 6 heteroatoms. The van der Waals surface area contributed by atoms with Gasteiger partial charge in [-0.1, -0.05) is 11.6 Å². The minimum atomic E-state index is -0.394. The number of amides is 1. The van der Waals surface area contributed by atoms with Crippen molar-refractivity contribution >= 4 is 39.1 Å². The fourth-order valence-corrected chi connectivity index (χ4v) is 1.92. The summed E-state index contributed by atoms with van der Waals surface area (Å²) in [5.74, 6) is -0.768. The van der Waals surface area contributed by atoms with Crippen LogP contribution in [0.1, 0.15) is 10.4 Å². The van der Waals surface area contributed by atoms with Crippen molar-refractivity contribution in [3.05, 3.63) is 57.5 Å². The second kappa shape index (κ2) is 5.46. The molecule has 0 radical (unpaired) electrons. The van der Waals surface area contributed by atoms with Crippen LogP contribution in [0.5, 0.6) is 0 Å². The molecule has 92 valence electrons. The number of halogens is 3. The third kappa shape index (κ3) is 2.86. The molecule has 0 spiro atoms. The number of nitrogens with zero attached hydrogens (tertiary/aromatic N) is 1. The van der Waals surface area contributed by atoms with Gasteiger partial charge in [-0.3, -0.25) is 9.78 Å². The average Bonchev–Trinajstić information content (AvgIpc) is 2.34. The van der Waals surface area contributed by atoms with Gasteiger partial charge in [-0.15, -0.1) is 0 Å². The summed E-state index contributed by atoms with van der Waals surface area (Å²) in [4.78, 5) is 15.7. The van der Waals surface area contributed by atoms with Gasteiger partial charge in [0.2, 0.25) is 0 Å². The number of hydrogen-bond donors (Lipinski definition) is 1. The van der Waals surface area contributed by atoms with E-state index in [0.29, 0.717) is 11.3 Å². The van der Waals surface area contributed by atoms with E-state index in [4.69, 9.17) is 11.6 Å². The van der Waals surface area contributed by atoms with E-state index in [1.807, 2.05) is 0 Å². The summed E-state index contributed by atoms with van der Waals surface area (Å²) >= 11 is 8.89. The summed E-state index contributed by atoms with van der Waals surface area (Å²) in [6.07, 6.45) is 2.86. The summed E-state index contributed by atoms with van der Waals surface area (Å²) < 4.78 is 13.3. The van der Waals surface area contributed by atoms with E-state index < -0.39 is 5.82 Å². The van der Waals surface area contributed by atoms with Crippen LogP contribution in [-0.4, -0.2) is 10.9 Å². The van der Waals surface area contributed by atoms with Gasteiger partial charge < -0.3 is 5.32 Å². The van der Waals surface area contributed by atoms with Crippen molar-refractivity contribution in [1.29, 1.82) is 0 Å². The number of nitrogens with one attached hydrogen (secondary N) is 1. The second-order valence-corrected chi connectivity index (χ2v) is 4.70. The van der Waals surface area contributed by atoms with Crippen LogP contribution in [0.15, 0.2) is 41.1 Å². The van der Waals surface area contributed by atoms with E-state index >= 15 is 0 Å². The molecule has 1 aromatic carbocycles. The Labute approximate surface area is 116 Å². The third-order valence-electron chi connectivity index (χ3n) is 2.19. The molecular formula is C12H7BrClFN2O. The maximum Gasteiger partial charge on any atom is 0.257 e. The standard InChI is InChI=1S/C12H7BrClFN2O/c13-9-5-7(1-2-11(9)15)17-12(18)8-3-4-16-6-10(8)14/h1-6H,(H,17,18). The first kappa shape index (κ1) is 13.0. The first-order valence-electron chi connectivity index (χ1n) is 4.94. The van der Waals surface area contributed by atoms with Crippen molar-refractivity contribution < 1.29 is 9.18 Å². The summed E-state index contributed by atoms with van der Waals surface area (Å²) in [5, 5.41) is 2.88. The lowest BCUT2D eigenvalue weighted by Gasteiger charge is -2.07. The van der Waals surface area contributed by atoms with Gasteiger partial charge in [0.1, 0.15) is 5.82 Å². The molecule has 0 atom stereocenters. The Morgan fingerprint density at radius 3 is 2.83 bits per heavy atom. The monoisotopic (exact) mass is 328 g/mol. The van der Waals surface area contributed by atoms with Crippen LogP contribution in [0.25, 0.3) is 0 Å². The molecule has 0 bridgehead atoms. The Hall–Kier alpha value is -1.46. The maximum absolute atomic E-state index is 13.0. The molecule has 0 aliphatic heterocycles. The van der Waals surface area contributed by atoms with Gasteiger partial charge in [0.25, 0.3) is 5.91 Å². The molecule has 1 amide bonds. The highest BCUT2D eigenvalue weighted by Gasteiger charge is 2.10. The maximum atomic E-state index is 13.0. The number of anilines is 1. The molecule has 0 saturated carbocycles. The molecule has 0 unspecified atom stereocenters. The van der Waals surface area contributed by atoms with Crippen LogP contribution >= 0.6 is 27.5 Å². The number of aromatic nitrogens is 1. The van der Waals surface area contributed by atoms with Crippen molar-refractivity contribution in [1.82, 2.24) is 4.98 Å². The number of carbonyl (C=O) groups excluding carboxylic acids is 1. The van der Waals surface area contributed by atoms with Crippen LogP contribution in [0.3, 0.4) is 0 Å². The predicted molar refractivity (Wildman–Crippen MR) is 71.3 cm³/mol. The van der Waals surface area contributed by atoms with Gasteiger partial charge in [-0.05, 0) is 40.2 Å². The quantitative estimate of drug-likeness (QED) is 0.908. The third-order valence-corrected chi connectivity index (χ3v) is 3.10. The zero-order chi connectivity index (χ0) is 13.1. The zero-order valence-electron chi connectivity index (χ0n) is 8.95. The lowest BCUT2D eigenvalue weighted by molar-refractivity contribution is 0.102. The lowest BCUT2D eigenvalue weighted by Crippen LogP contribution is -2.12. The van der Waals surface area contributed by atoms with Crippen molar-refractivity contribution in [3.63, 3.8) is 0 Å². The normalized spacial score (nSPS) is 10.2. The molecule has 0 aliphatic rings. The second-order valence-electron chi connectivity index (χ2n) is 3.44. The van der Waals surface area contributed by atoms with Crippen LogP contribution in [0.2, 0.25) is 5.02 Å². The minimum Gasteiger partial charge on any atom is -0.322 e. The zero-order valence-corrected chi connectivity index (χ0v) is 11.3. The van der Waals surface area contributed by atoms with E-state index in [2.05, 4.69) is 26.2 Å². The van der Waals surface area contributed by atoms with Crippen LogP contribution in [-0.2, 0) is 0 Å². The topological polar surface area (TPSA) is 42.0 Å². The number of hydrogen-bond acceptors (Lipinski definition) is 2. The molecule has 1 N–H and O–H groups in total. The molecule has 2 rings (SSSR count). The van der Waals surface area contributed by atoms with Gasteiger partial charge in [0, 0.05) is 18.1 Å². The van der Waals surface area contributed by atoms with Gasteiger partial charge >= 0.3 is 0 Å². The summed E-state index contributed by atoms with van der Waals surface area (Å²) in [7, 11) is 0. The number of benzene rings is 1. The molecule has 1 aromatic heterocycles. The number of pyridine rings is 1. The van der Waals surface area contributed by atoms with Crippen LogP contribution in [0, 0.1) is 5.82 Å². The number of carbonyl (C=O) groups is 1. The summed E-state index contributed by atoms with van der Waals surface area (Å²) in [6, 6.07) is 5.71. The largest absolute Gasteiger partial charge is 0.322 e. The summed E-state index contributed by atoms with van der Waals surface area (Å²) in [5.41, 5.74) is 0.785. The van der Waals surface area contributed by atoms with Crippen LogP contribution < -0.4 is 5.32 Å². The first-order valence-corrected chi connectivity index (χ1v) is 6.11. The van der Waals surface area contributed by atoms with Gasteiger partial charge in [0.05, 0.1) is 15.1 Å². The fraction of sp³-hybridized carbons (Fsp3) is 0. The molecule has 0 aliphatic carbocycles. The van der Waals surface area contributed by atoms with E-state index in [-0.39, 0.29) is 15.4 Å². The Bertz CT molecular complexity index is 606. The van der Waals surface area contributed by atoms with Gasteiger partial charge in [-0.2, -0.15) is 0 Å². The van der Waals surface area contributed by atoms with E-state index in [1.165, 1.54) is 36.7 Å². The van der Waals surface area contributed by atoms with Crippen molar-refractivity contribution in [2.45, 2.75) is 0 Å². The lowest BCUT2D eigenvalue weighted by atomic mass is 10.2. The molecular weight excluding hydrogens is 322 g/mol. The van der Waals surface area contributed by atoms with Crippen molar-refractivity contribution in [3.8, 4) is 0 Å². The highest BCUT2D eigenvalue weighted by atomic mass is 79.9. The molecule has 3 nitrogen and oxygen atoms in total. The first-order chi connectivity index (χ1) is 8.58. The smallest absolute Gasteiger partial charge is 0.257 e. The Kier molecular flexibility index (Phi) is 3.93. The van der Waals surface area contributed by atoms with E-state index in [9.17, 15) is 9.18 Å². The van der Waals surface area contributed by atoms with E-state index in [1.54, 1.807) is 0 Å². The number of rotatable bonds is 2. The fourth-order valence-electron chi connectivity index (χ4n) is 1.33. The Morgan fingerprint density at radius 2 is 2.17 bits per heavy atom. The average molecular weight is 330 g/mol. The SMILES string of the molecule is O=C(Nc1ccc(F)c(Br)c1)c1ccncc1Cl. The van der Waals surface area contributed by atoms with Crippen molar-refractivity contribution in [2.24, 2.45) is 0 Å². The minimum absolute atomic E-state index is 0.260. The molecule has 18 heavy (non-hydrogen) atoms. The Morgan fingerprint density at radius 1 is 1.39 bits per heavy atom. The Balaban J connectivity index is 2.22. The molecule has 0 fully saturated rings. The van der Waals surface area contributed by atoms with Gasteiger partial charge in [0.15, 0.2) is 0 Å². The predicted octanol–water partition coefficient (Wildman–Crippen LogP) is 3.89. The van der Waals surface area contributed by atoms with Crippen molar-refractivity contribution in [2.75, 3.05) is 5.32 Å². The highest BCUT2D eigenvalue weighted by molar-refractivity contribution is 9.10. The molecule has 2 aromatic rings. The van der Waals surface area contributed by atoms with Crippen LogP contribution in [0.4, 0.5) is 10.1 Å².